The highest BCUT2D eigenvalue weighted by molar-refractivity contribution is 5.95. The minimum absolute atomic E-state index is 0.0220. The number of hydrogen-bond donors (Lipinski definition) is 1. The van der Waals surface area contributed by atoms with Gasteiger partial charge < -0.3 is 19.5 Å². The lowest BCUT2D eigenvalue weighted by Gasteiger charge is -2.34. The van der Waals surface area contributed by atoms with Crippen molar-refractivity contribution in [2.45, 2.75) is 45.1 Å². The molecule has 3 fully saturated rings. The summed E-state index contributed by atoms with van der Waals surface area (Å²) in [6.07, 6.45) is 5.76. The van der Waals surface area contributed by atoms with Crippen LogP contribution in [0.5, 0.6) is 0 Å². The summed E-state index contributed by atoms with van der Waals surface area (Å²) in [5, 5.41) is 3.01. The summed E-state index contributed by atoms with van der Waals surface area (Å²) >= 11 is 0. The molecule has 0 bridgehead atoms. The van der Waals surface area contributed by atoms with Crippen LogP contribution >= 0.6 is 0 Å². The smallest absolute Gasteiger partial charge is 0.257 e. The predicted molar refractivity (Wildman–Crippen MR) is 97.9 cm³/mol. The minimum atomic E-state index is -0.205. The van der Waals surface area contributed by atoms with Crippen molar-refractivity contribution in [3.05, 3.63) is 23.7 Å². The summed E-state index contributed by atoms with van der Waals surface area (Å²) in [5.41, 5.74) is 0.632. The van der Waals surface area contributed by atoms with E-state index in [1.807, 2.05) is 9.80 Å². The summed E-state index contributed by atoms with van der Waals surface area (Å²) in [6, 6.07) is 2.06. The number of rotatable bonds is 5. The summed E-state index contributed by atoms with van der Waals surface area (Å²) in [4.78, 5) is 40.8. The molecule has 1 saturated carbocycles. The first-order chi connectivity index (χ1) is 13.0. The molecule has 2 saturated heterocycles. The number of hydrogen-bond acceptors (Lipinski definition) is 4. The number of aryl methyl sites for hydroxylation is 1. The molecule has 2 aliphatic heterocycles. The second-order valence-corrected chi connectivity index (χ2v) is 8.11. The van der Waals surface area contributed by atoms with Gasteiger partial charge in [0.2, 0.25) is 11.8 Å². The van der Waals surface area contributed by atoms with Gasteiger partial charge in [0.15, 0.2) is 0 Å². The Morgan fingerprint density at radius 3 is 2.59 bits per heavy atom. The van der Waals surface area contributed by atoms with Crippen molar-refractivity contribution < 1.29 is 18.8 Å². The molecule has 4 rings (SSSR count). The van der Waals surface area contributed by atoms with Crippen LogP contribution in [0, 0.1) is 18.8 Å². The second-order valence-electron chi connectivity index (χ2n) is 8.11. The van der Waals surface area contributed by atoms with E-state index in [1.54, 1.807) is 19.3 Å². The Balaban J connectivity index is 1.25. The highest BCUT2D eigenvalue weighted by Gasteiger charge is 2.37. The first-order valence-electron chi connectivity index (χ1n) is 9.92. The highest BCUT2D eigenvalue weighted by Crippen LogP contribution is 2.26. The van der Waals surface area contributed by atoms with Crippen LogP contribution in [0.1, 0.15) is 48.2 Å². The summed E-state index contributed by atoms with van der Waals surface area (Å²) in [6.45, 7) is 4.42. The van der Waals surface area contributed by atoms with E-state index in [9.17, 15) is 14.4 Å². The summed E-state index contributed by atoms with van der Waals surface area (Å²) < 4.78 is 5.23. The molecule has 1 unspecified atom stereocenters. The van der Waals surface area contributed by atoms with Crippen molar-refractivity contribution in [1.82, 2.24) is 15.1 Å². The average molecular weight is 373 g/mol. The number of furan rings is 1. The van der Waals surface area contributed by atoms with Gasteiger partial charge in [0.25, 0.3) is 5.91 Å². The fraction of sp³-hybridized carbons (Fsp3) is 0.650. The van der Waals surface area contributed by atoms with Gasteiger partial charge in [-0.25, -0.2) is 0 Å². The van der Waals surface area contributed by atoms with Gasteiger partial charge in [0.1, 0.15) is 5.76 Å². The lowest BCUT2D eigenvalue weighted by molar-refractivity contribution is -0.129. The lowest BCUT2D eigenvalue weighted by atomic mass is 9.95. The van der Waals surface area contributed by atoms with Crippen LogP contribution in [0.3, 0.4) is 0 Å². The third kappa shape index (κ3) is 4.01. The maximum Gasteiger partial charge on any atom is 0.257 e. The molecule has 27 heavy (non-hydrogen) atoms. The molecule has 1 aliphatic carbocycles. The molecule has 3 amide bonds. The molecule has 146 valence electrons. The summed E-state index contributed by atoms with van der Waals surface area (Å²) in [7, 11) is 0. The maximum atomic E-state index is 12.6. The monoisotopic (exact) mass is 373 g/mol. The fourth-order valence-corrected chi connectivity index (χ4v) is 4.08. The van der Waals surface area contributed by atoms with Gasteiger partial charge >= 0.3 is 0 Å². The van der Waals surface area contributed by atoms with Gasteiger partial charge in [-0.2, -0.15) is 0 Å². The number of carbonyl (C=O) groups excluding carboxylic acids is 3. The Bertz CT molecular complexity index is 731. The van der Waals surface area contributed by atoms with E-state index in [0.29, 0.717) is 55.9 Å². The van der Waals surface area contributed by atoms with Gasteiger partial charge in [-0.1, -0.05) is 0 Å². The van der Waals surface area contributed by atoms with E-state index in [4.69, 9.17) is 4.42 Å². The van der Waals surface area contributed by atoms with Gasteiger partial charge in [-0.15, -0.1) is 0 Å². The van der Waals surface area contributed by atoms with Gasteiger partial charge in [-0.3, -0.25) is 14.4 Å². The van der Waals surface area contributed by atoms with Gasteiger partial charge in [-0.05, 0) is 44.6 Å². The highest BCUT2D eigenvalue weighted by atomic mass is 16.3. The fourth-order valence-electron chi connectivity index (χ4n) is 4.08. The van der Waals surface area contributed by atoms with E-state index in [1.165, 1.54) is 0 Å². The Morgan fingerprint density at radius 1 is 1.22 bits per heavy atom. The molecular formula is C20H27N3O4. The molecule has 7 nitrogen and oxygen atoms in total. The van der Waals surface area contributed by atoms with Crippen molar-refractivity contribution in [3.63, 3.8) is 0 Å². The number of amides is 3. The van der Waals surface area contributed by atoms with Crippen LogP contribution in [0.2, 0.25) is 0 Å². The quantitative estimate of drug-likeness (QED) is 0.849. The van der Waals surface area contributed by atoms with E-state index in [0.717, 1.165) is 25.7 Å². The third-order valence-electron chi connectivity index (χ3n) is 5.98. The Kier molecular flexibility index (Phi) is 4.93. The molecular weight excluding hydrogens is 346 g/mol. The van der Waals surface area contributed by atoms with E-state index < -0.39 is 0 Å². The first-order valence-corrected chi connectivity index (χ1v) is 9.92. The molecule has 1 N–H and O–H groups in total. The molecule has 0 aromatic carbocycles. The number of nitrogens with zero attached hydrogens (tertiary/aromatic N) is 2. The predicted octanol–water partition coefficient (Wildman–Crippen LogP) is 1.57. The molecule has 1 atom stereocenters. The van der Waals surface area contributed by atoms with Crippen LogP contribution in [0.4, 0.5) is 0 Å². The number of likely N-dealkylation sites (tertiary alicyclic amines) is 2. The van der Waals surface area contributed by atoms with E-state index in [2.05, 4.69) is 5.32 Å². The SMILES string of the molecule is Cc1occc1C(=O)N1CCC(CN2CC(C(=O)NC3CC3)CC2=O)CC1. The van der Waals surface area contributed by atoms with Crippen molar-refractivity contribution in [3.8, 4) is 0 Å². The Hall–Kier alpha value is -2.31. The minimum Gasteiger partial charge on any atom is -0.469 e. The molecule has 0 spiro atoms. The summed E-state index contributed by atoms with van der Waals surface area (Å²) in [5.74, 6) is 0.967. The zero-order valence-electron chi connectivity index (χ0n) is 15.8. The molecule has 7 heteroatoms. The van der Waals surface area contributed by atoms with E-state index in [-0.39, 0.29) is 23.6 Å². The second kappa shape index (κ2) is 7.37. The number of nitrogens with one attached hydrogen (secondary N) is 1. The average Bonchev–Trinajstić information content (AvgIpc) is 3.25. The van der Waals surface area contributed by atoms with Gasteiger partial charge in [0, 0.05) is 38.6 Å². The molecule has 3 heterocycles. The van der Waals surface area contributed by atoms with E-state index >= 15 is 0 Å². The number of carbonyl (C=O) groups is 3. The van der Waals surface area contributed by atoms with Crippen LogP contribution in [-0.2, 0) is 9.59 Å². The topological polar surface area (TPSA) is 82.9 Å². The van der Waals surface area contributed by atoms with Gasteiger partial charge in [0.05, 0.1) is 17.7 Å². The van der Waals surface area contributed by atoms with Crippen molar-refractivity contribution in [1.29, 1.82) is 0 Å². The third-order valence-corrected chi connectivity index (χ3v) is 5.98. The zero-order valence-corrected chi connectivity index (χ0v) is 15.8. The Morgan fingerprint density at radius 2 is 1.96 bits per heavy atom. The molecule has 1 aromatic heterocycles. The standard InChI is InChI=1S/C20H27N3O4/c1-13-17(6-9-27-13)20(26)22-7-4-14(5-8-22)11-23-12-15(10-18(23)24)19(25)21-16-2-3-16/h6,9,14-16H,2-5,7-8,10-12H2,1H3,(H,21,25). The van der Waals surface area contributed by atoms with Crippen LogP contribution in [0.15, 0.2) is 16.7 Å². The Labute approximate surface area is 159 Å². The normalized spacial score (nSPS) is 23.7. The number of piperidine rings is 1. The van der Waals surface area contributed by atoms with Crippen LogP contribution < -0.4 is 5.32 Å². The van der Waals surface area contributed by atoms with Crippen molar-refractivity contribution in [2.24, 2.45) is 11.8 Å². The zero-order chi connectivity index (χ0) is 19.0. The molecule has 1 aromatic rings. The maximum absolute atomic E-state index is 12.6. The van der Waals surface area contributed by atoms with Crippen LogP contribution in [-0.4, -0.2) is 59.7 Å². The molecule has 3 aliphatic rings. The molecule has 0 radical (unpaired) electrons. The largest absolute Gasteiger partial charge is 0.469 e. The van der Waals surface area contributed by atoms with Crippen LogP contribution in [0.25, 0.3) is 0 Å². The lowest BCUT2D eigenvalue weighted by Crippen LogP contribution is -2.42. The first kappa shape index (κ1) is 18.1. The van der Waals surface area contributed by atoms with Crippen molar-refractivity contribution in [2.75, 3.05) is 26.2 Å². The van der Waals surface area contributed by atoms with Crippen molar-refractivity contribution >= 4 is 17.7 Å².